The van der Waals surface area contributed by atoms with Crippen LogP contribution in [0, 0.1) is 0 Å². The molecule has 0 atom stereocenters. The molecule has 0 aliphatic heterocycles. The van der Waals surface area contributed by atoms with E-state index >= 15 is 0 Å². The predicted octanol–water partition coefficient (Wildman–Crippen LogP) is 1.84. The summed E-state index contributed by atoms with van der Waals surface area (Å²) >= 11 is 0. The summed E-state index contributed by atoms with van der Waals surface area (Å²) in [5, 5.41) is 2.93. The molecule has 0 spiro atoms. The molecule has 1 aromatic rings. The van der Waals surface area contributed by atoms with Crippen LogP contribution in [0.1, 0.15) is 6.93 Å². The molecule has 1 aromatic carbocycles. The summed E-state index contributed by atoms with van der Waals surface area (Å²) in [5.74, 6) is 0.865. The third kappa shape index (κ3) is 3.11. The molecule has 2 nitrogen and oxygen atoms in total. The van der Waals surface area contributed by atoms with Gasteiger partial charge in [-0.15, -0.1) is 12.4 Å². The molecule has 0 aliphatic rings. The van der Waals surface area contributed by atoms with Gasteiger partial charge in [0.1, 0.15) is 5.75 Å². The SMILES string of the molecule is Cl.[2H]CNCc1ccc(OC)cc1. The van der Waals surface area contributed by atoms with E-state index in [1.54, 1.807) is 7.11 Å². The fourth-order valence-corrected chi connectivity index (χ4v) is 0.888. The van der Waals surface area contributed by atoms with E-state index in [9.17, 15) is 0 Å². The van der Waals surface area contributed by atoms with Crippen LogP contribution in [0.2, 0.25) is 0 Å². The van der Waals surface area contributed by atoms with Crippen molar-refractivity contribution in [2.24, 2.45) is 0 Å². The zero-order valence-electron chi connectivity index (χ0n) is 8.04. The van der Waals surface area contributed by atoms with E-state index in [-0.39, 0.29) is 19.4 Å². The van der Waals surface area contributed by atoms with Gasteiger partial charge in [0.05, 0.1) is 7.11 Å². The lowest BCUT2D eigenvalue weighted by molar-refractivity contribution is 0.414. The Labute approximate surface area is 80.7 Å². The summed E-state index contributed by atoms with van der Waals surface area (Å²) in [6.45, 7) is 0.744. The van der Waals surface area contributed by atoms with E-state index in [4.69, 9.17) is 6.11 Å². The van der Waals surface area contributed by atoms with E-state index in [0.29, 0.717) is 0 Å². The minimum atomic E-state index is 0. The lowest BCUT2D eigenvalue weighted by Crippen LogP contribution is -2.04. The molecule has 0 radical (unpaired) electrons. The van der Waals surface area contributed by atoms with Gasteiger partial charge >= 0.3 is 0 Å². The summed E-state index contributed by atoms with van der Waals surface area (Å²) in [6.07, 6.45) is 0. The molecular weight excluding hydrogens is 174 g/mol. The van der Waals surface area contributed by atoms with Gasteiger partial charge < -0.3 is 10.1 Å². The van der Waals surface area contributed by atoms with E-state index < -0.39 is 0 Å². The second-order valence-corrected chi connectivity index (χ2v) is 2.27. The van der Waals surface area contributed by atoms with Crippen LogP contribution in [0.4, 0.5) is 0 Å². The highest BCUT2D eigenvalue weighted by Gasteiger charge is 1.90. The van der Waals surface area contributed by atoms with Crippen molar-refractivity contribution in [3.8, 4) is 5.75 Å². The van der Waals surface area contributed by atoms with Crippen LogP contribution >= 0.6 is 12.4 Å². The number of benzene rings is 1. The standard InChI is InChI=1S/C9H13NO.ClH/c1-10-7-8-3-5-9(11-2)6-4-8;/h3-6,10H,7H2,1-2H3;1H/i1D;. The molecule has 3 heteroatoms. The van der Waals surface area contributed by atoms with Crippen LogP contribution in [0.3, 0.4) is 0 Å². The van der Waals surface area contributed by atoms with Crippen LogP contribution in [0.15, 0.2) is 24.3 Å². The summed E-state index contributed by atoms with van der Waals surface area (Å²) in [5.41, 5.74) is 1.17. The molecular formula is C9H14ClNO. The number of ether oxygens (including phenoxy) is 1. The van der Waals surface area contributed by atoms with Gasteiger partial charge in [0.15, 0.2) is 0 Å². The molecule has 0 saturated heterocycles. The van der Waals surface area contributed by atoms with Crippen LogP contribution in [-0.4, -0.2) is 14.1 Å². The lowest BCUT2D eigenvalue weighted by Gasteiger charge is -2.01. The Balaban J connectivity index is 0.00000144. The molecule has 0 heterocycles. The number of halogens is 1. The smallest absolute Gasteiger partial charge is 0.118 e. The second kappa shape index (κ2) is 5.86. The predicted molar refractivity (Wildman–Crippen MR) is 53.0 cm³/mol. The fourth-order valence-electron chi connectivity index (χ4n) is 0.888. The van der Waals surface area contributed by atoms with Crippen LogP contribution in [0.5, 0.6) is 5.75 Å². The molecule has 12 heavy (non-hydrogen) atoms. The highest BCUT2D eigenvalue weighted by Crippen LogP contribution is 2.10. The van der Waals surface area contributed by atoms with Crippen molar-refractivity contribution in [1.29, 1.82) is 0 Å². The zero-order valence-corrected chi connectivity index (χ0v) is 7.86. The van der Waals surface area contributed by atoms with Crippen molar-refractivity contribution >= 4 is 12.4 Å². The van der Waals surface area contributed by atoms with Gasteiger partial charge in [0.25, 0.3) is 0 Å². The minimum absolute atomic E-state index is 0. The molecule has 1 N–H and O–H groups in total. The van der Waals surface area contributed by atoms with Gasteiger partial charge in [-0.2, -0.15) is 0 Å². The van der Waals surface area contributed by atoms with E-state index in [0.717, 1.165) is 12.3 Å². The van der Waals surface area contributed by atoms with Gasteiger partial charge in [0.2, 0.25) is 0 Å². The Morgan fingerprint density at radius 3 is 2.58 bits per heavy atom. The molecule has 0 saturated carbocycles. The van der Waals surface area contributed by atoms with Crippen molar-refractivity contribution < 1.29 is 6.11 Å². The van der Waals surface area contributed by atoms with E-state index in [2.05, 4.69) is 5.32 Å². The third-order valence-electron chi connectivity index (χ3n) is 1.49. The zero-order chi connectivity index (χ0) is 8.81. The van der Waals surface area contributed by atoms with Gasteiger partial charge in [-0.1, -0.05) is 12.1 Å². The molecule has 0 aromatic heterocycles. The first kappa shape index (κ1) is 9.36. The normalized spacial score (nSPS) is 9.92. The van der Waals surface area contributed by atoms with Crippen molar-refractivity contribution in [2.75, 3.05) is 14.1 Å². The average molecular weight is 189 g/mol. The first-order valence-electron chi connectivity index (χ1n) is 4.20. The Morgan fingerprint density at radius 2 is 2.08 bits per heavy atom. The van der Waals surface area contributed by atoms with Crippen molar-refractivity contribution in [3.05, 3.63) is 29.8 Å². The highest BCUT2D eigenvalue weighted by molar-refractivity contribution is 5.85. The van der Waals surface area contributed by atoms with Gasteiger partial charge in [0, 0.05) is 7.92 Å². The van der Waals surface area contributed by atoms with Crippen LogP contribution < -0.4 is 10.1 Å². The number of hydrogen-bond donors (Lipinski definition) is 1. The summed E-state index contributed by atoms with van der Waals surface area (Å²) in [6, 6.07) is 7.81. The first-order valence-corrected chi connectivity index (χ1v) is 3.49. The number of hydrogen-bond acceptors (Lipinski definition) is 2. The van der Waals surface area contributed by atoms with Crippen LogP contribution in [0.25, 0.3) is 0 Å². The molecule has 0 amide bonds. The minimum Gasteiger partial charge on any atom is -0.497 e. The van der Waals surface area contributed by atoms with Gasteiger partial charge in [-0.3, -0.25) is 0 Å². The molecule has 0 unspecified atom stereocenters. The van der Waals surface area contributed by atoms with Crippen molar-refractivity contribution in [1.82, 2.24) is 5.32 Å². The average Bonchev–Trinajstić information content (AvgIpc) is 2.15. The Morgan fingerprint density at radius 1 is 1.42 bits per heavy atom. The molecule has 0 bridgehead atoms. The molecule has 0 aliphatic carbocycles. The van der Waals surface area contributed by atoms with E-state index in [1.165, 1.54) is 5.56 Å². The van der Waals surface area contributed by atoms with Gasteiger partial charge in [-0.05, 0) is 24.7 Å². The topological polar surface area (TPSA) is 21.3 Å². The molecule has 68 valence electrons. The monoisotopic (exact) mass is 188 g/mol. The lowest BCUT2D eigenvalue weighted by atomic mass is 10.2. The summed E-state index contributed by atoms with van der Waals surface area (Å²) in [7, 11) is 1.91. The number of methoxy groups -OCH3 is 1. The van der Waals surface area contributed by atoms with E-state index in [1.807, 2.05) is 24.3 Å². The quantitative estimate of drug-likeness (QED) is 0.782. The molecule has 1 rings (SSSR count). The number of rotatable bonds is 3. The van der Waals surface area contributed by atoms with Gasteiger partial charge in [-0.25, -0.2) is 0 Å². The maximum Gasteiger partial charge on any atom is 0.118 e. The number of nitrogens with one attached hydrogen (secondary N) is 1. The second-order valence-electron chi connectivity index (χ2n) is 2.27. The fraction of sp³-hybridized carbons (Fsp3) is 0.333. The summed E-state index contributed by atoms with van der Waals surface area (Å²) < 4.78 is 11.9. The van der Waals surface area contributed by atoms with Crippen molar-refractivity contribution in [2.45, 2.75) is 6.54 Å². The molecule has 0 fully saturated rings. The van der Waals surface area contributed by atoms with Crippen LogP contribution in [-0.2, 0) is 6.54 Å². The Hall–Kier alpha value is -0.730. The van der Waals surface area contributed by atoms with Crippen molar-refractivity contribution in [3.63, 3.8) is 0 Å². The first-order chi connectivity index (χ1) is 5.86. The Kier molecular flexibility index (Phi) is 4.57. The maximum absolute atomic E-state index is 6.89. The highest BCUT2D eigenvalue weighted by atomic mass is 35.5. The summed E-state index contributed by atoms with van der Waals surface area (Å²) in [4.78, 5) is 0. The third-order valence-corrected chi connectivity index (χ3v) is 1.49. The maximum atomic E-state index is 6.89. The Bertz CT molecular complexity index is 228. The largest absolute Gasteiger partial charge is 0.497 e.